The number of hydrogen-bond acceptors (Lipinski definition) is 5. The van der Waals surface area contributed by atoms with Gasteiger partial charge >= 0.3 is 0 Å². The molecule has 1 heterocycles. The fraction of sp³-hybridized carbons (Fsp3) is 1.00. The standard InChI is InChI=1S/C9H18O4S/c1-12-8-7(2-5-14)13-4-3-9(8,11)6-10/h7-8,10-11,14H,2-6H2,1H3/t7?,8-,9+/m0/s1. The van der Waals surface area contributed by atoms with Gasteiger partial charge in [-0.1, -0.05) is 0 Å². The number of thiol groups is 1. The lowest BCUT2D eigenvalue weighted by atomic mass is 9.87. The summed E-state index contributed by atoms with van der Waals surface area (Å²) in [6, 6.07) is 0. The Labute approximate surface area is 89.6 Å². The van der Waals surface area contributed by atoms with Crippen molar-refractivity contribution >= 4 is 12.6 Å². The topological polar surface area (TPSA) is 58.9 Å². The molecule has 5 heteroatoms. The van der Waals surface area contributed by atoms with Crippen LogP contribution in [0.2, 0.25) is 0 Å². The fourth-order valence-electron chi connectivity index (χ4n) is 1.86. The van der Waals surface area contributed by atoms with Crippen molar-refractivity contribution in [1.82, 2.24) is 0 Å². The van der Waals surface area contributed by atoms with Crippen LogP contribution in [-0.4, -0.2) is 54.1 Å². The van der Waals surface area contributed by atoms with Crippen molar-refractivity contribution in [2.24, 2.45) is 0 Å². The van der Waals surface area contributed by atoms with E-state index in [2.05, 4.69) is 12.6 Å². The molecule has 1 fully saturated rings. The molecule has 1 rings (SSSR count). The van der Waals surface area contributed by atoms with Crippen LogP contribution in [0.5, 0.6) is 0 Å². The molecule has 1 aliphatic rings. The quantitative estimate of drug-likeness (QED) is 0.578. The predicted molar refractivity (Wildman–Crippen MR) is 55.7 cm³/mol. The van der Waals surface area contributed by atoms with E-state index in [4.69, 9.17) is 14.6 Å². The van der Waals surface area contributed by atoms with Crippen LogP contribution in [-0.2, 0) is 9.47 Å². The van der Waals surface area contributed by atoms with Gasteiger partial charge in [-0.15, -0.1) is 0 Å². The molecule has 0 saturated carbocycles. The van der Waals surface area contributed by atoms with E-state index in [1.807, 2.05) is 0 Å². The Hall–Kier alpha value is 0.190. The molecule has 0 spiro atoms. The van der Waals surface area contributed by atoms with E-state index in [9.17, 15) is 5.11 Å². The summed E-state index contributed by atoms with van der Waals surface area (Å²) in [5.74, 6) is 0.673. The van der Waals surface area contributed by atoms with Crippen molar-refractivity contribution in [1.29, 1.82) is 0 Å². The highest BCUT2D eigenvalue weighted by Gasteiger charge is 2.44. The van der Waals surface area contributed by atoms with Crippen LogP contribution < -0.4 is 0 Å². The number of ether oxygens (including phenoxy) is 2. The summed E-state index contributed by atoms with van der Waals surface area (Å²) in [5.41, 5.74) is -1.17. The third kappa shape index (κ3) is 2.41. The van der Waals surface area contributed by atoms with Gasteiger partial charge in [-0.05, 0) is 12.2 Å². The predicted octanol–water partition coefficient (Wildman–Crippen LogP) is -0.166. The van der Waals surface area contributed by atoms with Crippen molar-refractivity contribution < 1.29 is 19.7 Å². The third-order valence-corrected chi connectivity index (χ3v) is 2.93. The molecule has 0 aromatic carbocycles. The maximum absolute atomic E-state index is 10.1. The summed E-state index contributed by atoms with van der Waals surface area (Å²) in [6.07, 6.45) is 0.478. The first-order valence-electron chi connectivity index (χ1n) is 4.76. The van der Waals surface area contributed by atoms with Gasteiger partial charge < -0.3 is 19.7 Å². The van der Waals surface area contributed by atoms with Crippen LogP contribution in [0.1, 0.15) is 12.8 Å². The molecule has 84 valence electrons. The highest BCUT2D eigenvalue weighted by atomic mass is 32.1. The summed E-state index contributed by atoms with van der Waals surface area (Å²) < 4.78 is 10.7. The molecule has 4 nitrogen and oxygen atoms in total. The zero-order chi connectivity index (χ0) is 10.6. The second-order valence-electron chi connectivity index (χ2n) is 3.59. The van der Waals surface area contributed by atoms with Gasteiger partial charge in [0.25, 0.3) is 0 Å². The van der Waals surface area contributed by atoms with Gasteiger partial charge in [0.15, 0.2) is 0 Å². The Kier molecular flexibility index (Phi) is 4.66. The molecular formula is C9H18O4S. The summed E-state index contributed by atoms with van der Waals surface area (Å²) in [7, 11) is 1.52. The maximum Gasteiger partial charge on any atom is 0.118 e. The summed E-state index contributed by atoms with van der Waals surface area (Å²) in [6.45, 7) is 0.160. The second kappa shape index (κ2) is 5.32. The Morgan fingerprint density at radius 2 is 2.36 bits per heavy atom. The van der Waals surface area contributed by atoms with E-state index in [1.54, 1.807) is 0 Å². The van der Waals surface area contributed by atoms with Crippen LogP contribution in [0.3, 0.4) is 0 Å². The molecule has 1 saturated heterocycles. The average molecular weight is 222 g/mol. The van der Waals surface area contributed by atoms with E-state index < -0.39 is 11.7 Å². The van der Waals surface area contributed by atoms with Crippen LogP contribution in [0.4, 0.5) is 0 Å². The zero-order valence-corrected chi connectivity index (χ0v) is 9.24. The smallest absolute Gasteiger partial charge is 0.118 e. The SMILES string of the molecule is CO[C@H]1C(CCS)OCC[C@@]1(O)CO. The van der Waals surface area contributed by atoms with Gasteiger partial charge in [-0.25, -0.2) is 0 Å². The molecule has 0 radical (unpaired) electrons. The minimum Gasteiger partial charge on any atom is -0.393 e. The Morgan fingerprint density at radius 3 is 2.86 bits per heavy atom. The highest BCUT2D eigenvalue weighted by Crippen LogP contribution is 2.28. The Bertz CT molecular complexity index is 176. The van der Waals surface area contributed by atoms with Crippen molar-refractivity contribution in [3.05, 3.63) is 0 Å². The largest absolute Gasteiger partial charge is 0.393 e. The molecule has 3 atom stereocenters. The molecule has 14 heavy (non-hydrogen) atoms. The molecule has 0 amide bonds. The van der Waals surface area contributed by atoms with E-state index in [0.29, 0.717) is 25.2 Å². The minimum atomic E-state index is -1.17. The Morgan fingerprint density at radius 1 is 1.64 bits per heavy atom. The van der Waals surface area contributed by atoms with Crippen LogP contribution in [0, 0.1) is 0 Å². The van der Waals surface area contributed by atoms with Crippen LogP contribution in [0.15, 0.2) is 0 Å². The minimum absolute atomic E-state index is 0.177. The molecular weight excluding hydrogens is 204 g/mol. The van der Waals surface area contributed by atoms with Crippen molar-refractivity contribution in [3.8, 4) is 0 Å². The lowest BCUT2D eigenvalue weighted by molar-refractivity contribution is -0.212. The van der Waals surface area contributed by atoms with E-state index >= 15 is 0 Å². The van der Waals surface area contributed by atoms with Gasteiger partial charge in [-0.2, -0.15) is 12.6 Å². The first-order chi connectivity index (χ1) is 6.68. The third-order valence-electron chi connectivity index (χ3n) is 2.68. The van der Waals surface area contributed by atoms with Crippen molar-refractivity contribution in [3.63, 3.8) is 0 Å². The molecule has 0 aromatic rings. The number of rotatable bonds is 4. The lowest BCUT2D eigenvalue weighted by Gasteiger charge is -2.42. The fourth-order valence-corrected chi connectivity index (χ4v) is 2.12. The average Bonchev–Trinajstić information content (AvgIpc) is 2.19. The first-order valence-corrected chi connectivity index (χ1v) is 5.39. The van der Waals surface area contributed by atoms with E-state index in [0.717, 1.165) is 0 Å². The zero-order valence-electron chi connectivity index (χ0n) is 8.35. The van der Waals surface area contributed by atoms with Gasteiger partial charge in [0.1, 0.15) is 11.7 Å². The molecule has 2 N–H and O–H groups in total. The van der Waals surface area contributed by atoms with Crippen molar-refractivity contribution in [2.45, 2.75) is 30.7 Å². The molecule has 0 aliphatic carbocycles. The first kappa shape index (κ1) is 12.3. The molecule has 0 aromatic heterocycles. The van der Waals surface area contributed by atoms with Gasteiger partial charge in [0, 0.05) is 13.5 Å². The summed E-state index contributed by atoms with van der Waals surface area (Å²) >= 11 is 4.12. The normalized spacial score (nSPS) is 38.6. The monoisotopic (exact) mass is 222 g/mol. The molecule has 1 aliphatic heterocycles. The van der Waals surface area contributed by atoms with Crippen molar-refractivity contribution in [2.75, 3.05) is 26.1 Å². The van der Waals surface area contributed by atoms with E-state index in [-0.39, 0.29) is 12.7 Å². The number of aliphatic hydroxyl groups is 2. The van der Waals surface area contributed by atoms with Gasteiger partial charge in [0.05, 0.1) is 19.3 Å². The second-order valence-corrected chi connectivity index (χ2v) is 4.04. The van der Waals surface area contributed by atoms with Crippen LogP contribution >= 0.6 is 12.6 Å². The Balaban J connectivity index is 2.69. The van der Waals surface area contributed by atoms with E-state index in [1.165, 1.54) is 7.11 Å². The summed E-state index contributed by atoms with van der Waals surface area (Å²) in [5, 5.41) is 19.2. The summed E-state index contributed by atoms with van der Waals surface area (Å²) in [4.78, 5) is 0. The number of methoxy groups -OCH3 is 1. The molecule has 0 bridgehead atoms. The lowest BCUT2D eigenvalue weighted by Crippen LogP contribution is -2.57. The number of aliphatic hydroxyl groups excluding tert-OH is 1. The van der Waals surface area contributed by atoms with Gasteiger partial charge in [0.2, 0.25) is 0 Å². The van der Waals surface area contributed by atoms with Crippen LogP contribution in [0.25, 0.3) is 0 Å². The van der Waals surface area contributed by atoms with Gasteiger partial charge in [-0.3, -0.25) is 0 Å². The maximum atomic E-state index is 10.1. The molecule has 1 unspecified atom stereocenters. The number of hydrogen-bond donors (Lipinski definition) is 3. The highest BCUT2D eigenvalue weighted by molar-refractivity contribution is 7.80.